The average Bonchev–Trinajstić information content (AvgIpc) is 2.65. The van der Waals surface area contributed by atoms with Gasteiger partial charge in [0.1, 0.15) is 5.82 Å². The minimum absolute atomic E-state index is 0.0323. The number of nitrogens with one attached hydrogen (secondary N) is 2. The van der Waals surface area contributed by atoms with E-state index in [1.165, 1.54) is 6.07 Å². The standard InChI is InChI=1S/C21H26FN3O2/c1-5-14(2)20(26)24-17-8-6-7-15(11-17)13-23-21(27)16-9-10-19(25(3)4)18(22)12-16/h6-12,14H,5,13H2,1-4H3,(H,23,27)(H,24,26). The third-order valence-electron chi connectivity index (χ3n) is 4.40. The number of hydrogen-bond donors (Lipinski definition) is 2. The Hall–Kier alpha value is -2.89. The molecule has 5 nitrogen and oxygen atoms in total. The largest absolute Gasteiger partial charge is 0.375 e. The van der Waals surface area contributed by atoms with Gasteiger partial charge in [0.05, 0.1) is 5.69 Å². The van der Waals surface area contributed by atoms with Crippen molar-refractivity contribution in [3.63, 3.8) is 0 Å². The first-order chi connectivity index (χ1) is 12.8. The first kappa shape index (κ1) is 20.4. The quantitative estimate of drug-likeness (QED) is 0.778. The van der Waals surface area contributed by atoms with Crippen molar-refractivity contribution in [2.45, 2.75) is 26.8 Å². The van der Waals surface area contributed by atoms with Crippen molar-refractivity contribution < 1.29 is 14.0 Å². The van der Waals surface area contributed by atoms with Crippen molar-refractivity contribution in [3.05, 3.63) is 59.4 Å². The lowest BCUT2D eigenvalue weighted by Gasteiger charge is -2.14. The summed E-state index contributed by atoms with van der Waals surface area (Å²) in [6.07, 6.45) is 0.769. The van der Waals surface area contributed by atoms with Gasteiger partial charge in [0.25, 0.3) is 5.91 Å². The number of amides is 2. The van der Waals surface area contributed by atoms with Crippen LogP contribution >= 0.6 is 0 Å². The summed E-state index contributed by atoms with van der Waals surface area (Å²) in [7, 11) is 3.48. The van der Waals surface area contributed by atoms with E-state index in [9.17, 15) is 14.0 Å². The van der Waals surface area contributed by atoms with Gasteiger partial charge in [-0.2, -0.15) is 0 Å². The Morgan fingerprint density at radius 3 is 2.52 bits per heavy atom. The molecular formula is C21H26FN3O2. The Bertz CT molecular complexity index is 821. The first-order valence-corrected chi connectivity index (χ1v) is 8.96. The molecule has 0 saturated carbocycles. The van der Waals surface area contributed by atoms with Crippen LogP contribution in [0, 0.1) is 11.7 Å². The number of carbonyl (C=O) groups excluding carboxylic acids is 2. The van der Waals surface area contributed by atoms with Gasteiger partial charge >= 0.3 is 0 Å². The van der Waals surface area contributed by atoms with E-state index < -0.39 is 5.82 Å². The van der Waals surface area contributed by atoms with Gasteiger partial charge in [-0.15, -0.1) is 0 Å². The lowest BCUT2D eigenvalue weighted by Crippen LogP contribution is -2.23. The molecule has 6 heteroatoms. The Morgan fingerprint density at radius 1 is 1.15 bits per heavy atom. The van der Waals surface area contributed by atoms with Gasteiger partial charge in [0.15, 0.2) is 0 Å². The molecule has 1 unspecified atom stereocenters. The van der Waals surface area contributed by atoms with E-state index in [1.807, 2.05) is 32.0 Å². The third-order valence-corrected chi connectivity index (χ3v) is 4.40. The van der Waals surface area contributed by atoms with Gasteiger partial charge in [-0.25, -0.2) is 4.39 Å². The van der Waals surface area contributed by atoms with E-state index in [4.69, 9.17) is 0 Å². The number of rotatable bonds is 7. The first-order valence-electron chi connectivity index (χ1n) is 8.96. The zero-order valence-electron chi connectivity index (χ0n) is 16.2. The highest BCUT2D eigenvalue weighted by Gasteiger charge is 2.12. The maximum atomic E-state index is 14.0. The average molecular weight is 371 g/mol. The van der Waals surface area contributed by atoms with E-state index in [0.717, 1.165) is 12.0 Å². The summed E-state index contributed by atoms with van der Waals surface area (Å²) in [5, 5.41) is 5.64. The van der Waals surface area contributed by atoms with Gasteiger partial charge in [-0.05, 0) is 42.3 Å². The second-order valence-electron chi connectivity index (χ2n) is 6.74. The second-order valence-corrected chi connectivity index (χ2v) is 6.74. The molecule has 0 fully saturated rings. The van der Waals surface area contributed by atoms with Crippen LogP contribution in [0.1, 0.15) is 36.2 Å². The number of anilines is 2. The van der Waals surface area contributed by atoms with Crippen LogP contribution in [0.3, 0.4) is 0 Å². The molecule has 0 aliphatic heterocycles. The van der Waals surface area contributed by atoms with Crippen molar-refractivity contribution in [3.8, 4) is 0 Å². The molecule has 0 aliphatic rings. The van der Waals surface area contributed by atoms with E-state index in [0.29, 0.717) is 11.4 Å². The lowest BCUT2D eigenvalue weighted by molar-refractivity contribution is -0.119. The van der Waals surface area contributed by atoms with Crippen LogP contribution in [0.4, 0.5) is 15.8 Å². The molecule has 0 saturated heterocycles. The summed E-state index contributed by atoms with van der Waals surface area (Å²) in [4.78, 5) is 25.9. The molecule has 144 valence electrons. The maximum absolute atomic E-state index is 14.0. The minimum atomic E-state index is -0.442. The molecule has 0 aromatic heterocycles. The van der Waals surface area contributed by atoms with E-state index >= 15 is 0 Å². The molecule has 1 atom stereocenters. The molecule has 0 aliphatic carbocycles. The van der Waals surface area contributed by atoms with Crippen LogP contribution in [0.25, 0.3) is 0 Å². The summed E-state index contributed by atoms with van der Waals surface area (Å²) in [6, 6.07) is 11.7. The van der Waals surface area contributed by atoms with Gasteiger partial charge in [-0.1, -0.05) is 26.0 Å². The fourth-order valence-electron chi connectivity index (χ4n) is 2.51. The number of halogens is 1. The van der Waals surface area contributed by atoms with Crippen LogP contribution in [0.2, 0.25) is 0 Å². The molecule has 2 aromatic carbocycles. The SMILES string of the molecule is CCC(C)C(=O)Nc1cccc(CNC(=O)c2ccc(N(C)C)c(F)c2)c1. The fraction of sp³-hybridized carbons (Fsp3) is 0.333. The Kier molecular flexibility index (Phi) is 6.93. The predicted octanol–water partition coefficient (Wildman–Crippen LogP) is 3.81. The lowest BCUT2D eigenvalue weighted by atomic mass is 10.1. The van der Waals surface area contributed by atoms with E-state index in [-0.39, 0.29) is 29.8 Å². The zero-order chi connectivity index (χ0) is 20.0. The van der Waals surface area contributed by atoms with Crippen LogP contribution in [0.15, 0.2) is 42.5 Å². The number of hydrogen-bond acceptors (Lipinski definition) is 3. The zero-order valence-corrected chi connectivity index (χ0v) is 16.2. The molecule has 2 aromatic rings. The maximum Gasteiger partial charge on any atom is 0.251 e. The molecule has 2 N–H and O–H groups in total. The van der Waals surface area contributed by atoms with Crippen molar-refractivity contribution in [1.82, 2.24) is 5.32 Å². The van der Waals surface area contributed by atoms with Crippen LogP contribution in [0.5, 0.6) is 0 Å². The van der Waals surface area contributed by atoms with Crippen molar-refractivity contribution >= 4 is 23.2 Å². The molecule has 0 spiro atoms. The number of carbonyl (C=O) groups is 2. The summed E-state index contributed by atoms with van der Waals surface area (Å²) in [5.74, 6) is -0.890. The summed E-state index contributed by atoms with van der Waals surface area (Å²) < 4.78 is 14.0. The smallest absolute Gasteiger partial charge is 0.251 e. The Labute approximate surface area is 159 Å². The summed E-state index contributed by atoms with van der Waals surface area (Å²) in [5.41, 5.74) is 2.22. The third kappa shape index (κ3) is 5.54. The van der Waals surface area contributed by atoms with Crippen molar-refractivity contribution in [2.75, 3.05) is 24.3 Å². The highest BCUT2D eigenvalue weighted by atomic mass is 19.1. The van der Waals surface area contributed by atoms with Crippen molar-refractivity contribution in [1.29, 1.82) is 0 Å². The molecule has 0 radical (unpaired) electrons. The second kappa shape index (κ2) is 9.16. The van der Waals surface area contributed by atoms with E-state index in [2.05, 4.69) is 10.6 Å². The molecule has 0 bridgehead atoms. The monoisotopic (exact) mass is 371 g/mol. The fourth-order valence-corrected chi connectivity index (χ4v) is 2.51. The van der Waals surface area contributed by atoms with Gasteiger partial charge in [0.2, 0.25) is 5.91 Å². The Balaban J connectivity index is 2.00. The minimum Gasteiger partial charge on any atom is -0.375 e. The number of nitrogens with zero attached hydrogens (tertiary/aromatic N) is 1. The highest BCUT2D eigenvalue weighted by molar-refractivity contribution is 5.94. The topological polar surface area (TPSA) is 61.4 Å². The Morgan fingerprint density at radius 2 is 1.89 bits per heavy atom. The molecule has 0 heterocycles. The predicted molar refractivity (Wildman–Crippen MR) is 106 cm³/mol. The summed E-state index contributed by atoms with van der Waals surface area (Å²) in [6.45, 7) is 4.12. The molecule has 2 rings (SSSR count). The summed E-state index contributed by atoms with van der Waals surface area (Å²) >= 11 is 0. The number of benzene rings is 2. The molecule has 27 heavy (non-hydrogen) atoms. The highest BCUT2D eigenvalue weighted by Crippen LogP contribution is 2.18. The van der Waals surface area contributed by atoms with Gasteiger partial charge < -0.3 is 15.5 Å². The van der Waals surface area contributed by atoms with Gasteiger partial charge in [0, 0.05) is 37.8 Å². The van der Waals surface area contributed by atoms with E-state index in [1.54, 1.807) is 37.2 Å². The van der Waals surface area contributed by atoms with Crippen LogP contribution < -0.4 is 15.5 Å². The van der Waals surface area contributed by atoms with Gasteiger partial charge in [-0.3, -0.25) is 9.59 Å². The van der Waals surface area contributed by atoms with Crippen LogP contribution in [-0.2, 0) is 11.3 Å². The van der Waals surface area contributed by atoms with Crippen LogP contribution in [-0.4, -0.2) is 25.9 Å². The molecular weight excluding hydrogens is 345 g/mol. The van der Waals surface area contributed by atoms with Crippen molar-refractivity contribution in [2.24, 2.45) is 5.92 Å². The normalized spacial score (nSPS) is 11.6. The molecule has 2 amide bonds.